The Bertz CT molecular complexity index is 1110. The molecule has 9 heteroatoms. The molecule has 0 aromatic heterocycles. The summed E-state index contributed by atoms with van der Waals surface area (Å²) < 4.78 is 5.25. The lowest BCUT2D eigenvalue weighted by atomic mass is 9.93. The molecule has 2 aromatic carbocycles. The van der Waals surface area contributed by atoms with Gasteiger partial charge in [0.2, 0.25) is 0 Å². The van der Waals surface area contributed by atoms with Crippen molar-refractivity contribution < 1.29 is 29.3 Å². The highest BCUT2D eigenvalue weighted by Crippen LogP contribution is 2.41. The van der Waals surface area contributed by atoms with Crippen LogP contribution in [0.15, 0.2) is 53.4 Å². The van der Waals surface area contributed by atoms with Crippen LogP contribution in [0.1, 0.15) is 36.5 Å². The zero-order valence-electron chi connectivity index (χ0n) is 19.4. The Kier molecular flexibility index (Phi) is 9.77. The second-order valence-corrected chi connectivity index (χ2v) is 9.62. The molecule has 0 bridgehead atoms. The van der Waals surface area contributed by atoms with E-state index < -0.39 is 11.9 Å². The Morgan fingerprint density at radius 2 is 1.89 bits per heavy atom. The van der Waals surface area contributed by atoms with Crippen molar-refractivity contribution in [2.75, 3.05) is 26.2 Å². The Balaban J connectivity index is 0.000000509. The van der Waals surface area contributed by atoms with Gasteiger partial charge in [-0.25, -0.2) is 9.59 Å². The summed E-state index contributed by atoms with van der Waals surface area (Å²) >= 11 is 8.22. The molecule has 0 radical (unpaired) electrons. The lowest BCUT2D eigenvalue weighted by molar-refractivity contribution is -0.159. The van der Waals surface area contributed by atoms with Gasteiger partial charge in [-0.3, -0.25) is 9.69 Å². The number of benzene rings is 2. The second-order valence-electron chi connectivity index (χ2n) is 8.17. The maximum Gasteiger partial charge on any atom is 0.414 e. The number of carbonyl (C=O) groups is 3. The molecule has 1 atom stereocenters. The quantitative estimate of drug-likeness (QED) is 0.440. The fraction of sp³-hybridized carbons (Fsp3) is 0.346. The molecule has 1 unspecified atom stereocenters. The number of carbonyl (C=O) groups excluding carboxylic acids is 1. The molecule has 2 heterocycles. The van der Waals surface area contributed by atoms with E-state index >= 15 is 0 Å². The summed E-state index contributed by atoms with van der Waals surface area (Å²) in [5, 5.41) is 15.5. The average Bonchev–Trinajstić information content (AvgIpc) is 3.00. The number of carboxylic acid groups (broad SMARTS) is 2. The monoisotopic (exact) mass is 517 g/mol. The topological polar surface area (TPSA) is 104 Å². The molecule has 7 nitrogen and oxygen atoms in total. The first-order valence-electron chi connectivity index (χ1n) is 11.4. The van der Waals surface area contributed by atoms with E-state index in [0.29, 0.717) is 6.61 Å². The summed E-state index contributed by atoms with van der Waals surface area (Å²) in [6.45, 7) is 4.91. The van der Waals surface area contributed by atoms with Crippen LogP contribution in [-0.2, 0) is 24.9 Å². The first-order valence-corrected chi connectivity index (χ1v) is 12.7. The molecule has 2 aliphatic rings. The molecule has 0 saturated carbocycles. The number of rotatable bonds is 4. The maximum atomic E-state index is 12.2. The van der Waals surface area contributed by atoms with Gasteiger partial charge in [-0.15, -0.1) is 11.8 Å². The summed E-state index contributed by atoms with van der Waals surface area (Å²) in [6, 6.07) is 14.8. The summed E-state index contributed by atoms with van der Waals surface area (Å²) in [7, 11) is 0. The van der Waals surface area contributed by atoms with Gasteiger partial charge in [0.1, 0.15) is 0 Å². The van der Waals surface area contributed by atoms with Gasteiger partial charge in [-0.1, -0.05) is 41.9 Å². The summed E-state index contributed by atoms with van der Waals surface area (Å²) in [4.78, 5) is 34.0. The number of carboxylic acids is 2. The van der Waals surface area contributed by atoms with Crippen molar-refractivity contribution in [2.24, 2.45) is 5.92 Å². The predicted molar refractivity (Wildman–Crippen MR) is 136 cm³/mol. The summed E-state index contributed by atoms with van der Waals surface area (Å²) in [5.41, 5.74) is 5.06. The van der Waals surface area contributed by atoms with Gasteiger partial charge in [0.05, 0.1) is 12.5 Å². The van der Waals surface area contributed by atoms with Crippen LogP contribution in [0.2, 0.25) is 5.02 Å². The number of hydrogen-bond donors (Lipinski definition) is 2. The van der Waals surface area contributed by atoms with Crippen molar-refractivity contribution in [2.45, 2.75) is 30.4 Å². The van der Waals surface area contributed by atoms with Crippen LogP contribution in [0.3, 0.4) is 0 Å². The fourth-order valence-electron chi connectivity index (χ4n) is 4.16. The molecule has 0 spiro atoms. The van der Waals surface area contributed by atoms with Crippen LogP contribution in [0.4, 0.5) is 0 Å². The maximum absolute atomic E-state index is 12.2. The van der Waals surface area contributed by atoms with Crippen LogP contribution in [-0.4, -0.2) is 59.3 Å². The van der Waals surface area contributed by atoms with Crippen LogP contribution < -0.4 is 0 Å². The number of aliphatic carboxylic acids is 2. The number of hydrogen-bond acceptors (Lipinski definition) is 6. The van der Waals surface area contributed by atoms with Crippen molar-refractivity contribution in [3.8, 4) is 0 Å². The molecule has 2 aliphatic heterocycles. The smallest absolute Gasteiger partial charge is 0.414 e. The highest BCUT2D eigenvalue weighted by Gasteiger charge is 2.27. The lowest BCUT2D eigenvalue weighted by Crippen LogP contribution is -2.39. The Labute approximate surface area is 213 Å². The van der Waals surface area contributed by atoms with Gasteiger partial charge in [-0.05, 0) is 66.8 Å². The SMILES string of the molecule is CCOC(=O)C1CCCN(CC=C2c3ccccc3CSc3ccc(Cl)cc32)C1.O=C(O)C(=O)O. The van der Waals surface area contributed by atoms with E-state index in [4.69, 9.17) is 36.1 Å². The minimum Gasteiger partial charge on any atom is -0.473 e. The van der Waals surface area contributed by atoms with E-state index in [1.165, 1.54) is 27.2 Å². The third-order valence-electron chi connectivity index (χ3n) is 5.78. The Hall–Kier alpha value is -2.81. The van der Waals surface area contributed by atoms with Crippen molar-refractivity contribution in [1.82, 2.24) is 4.90 Å². The molecule has 4 rings (SSSR count). The molecule has 2 aromatic rings. The van der Waals surface area contributed by atoms with Gasteiger partial charge in [0, 0.05) is 28.8 Å². The summed E-state index contributed by atoms with van der Waals surface area (Å²) in [6.07, 6.45) is 4.26. The van der Waals surface area contributed by atoms with E-state index in [2.05, 4.69) is 47.4 Å². The van der Waals surface area contributed by atoms with Crippen molar-refractivity contribution >= 4 is 46.8 Å². The predicted octanol–water partition coefficient (Wildman–Crippen LogP) is 4.81. The van der Waals surface area contributed by atoms with E-state index in [1.807, 2.05) is 24.8 Å². The van der Waals surface area contributed by atoms with E-state index in [9.17, 15) is 4.79 Å². The minimum absolute atomic E-state index is 0.0131. The van der Waals surface area contributed by atoms with Crippen molar-refractivity contribution in [3.05, 3.63) is 70.3 Å². The highest BCUT2D eigenvalue weighted by molar-refractivity contribution is 7.98. The van der Waals surface area contributed by atoms with Gasteiger partial charge in [0.15, 0.2) is 0 Å². The number of fused-ring (bicyclic) bond motifs is 2. The molecule has 0 aliphatic carbocycles. The fourth-order valence-corrected chi connectivity index (χ4v) is 5.39. The molecular weight excluding hydrogens is 490 g/mol. The van der Waals surface area contributed by atoms with Crippen molar-refractivity contribution in [3.63, 3.8) is 0 Å². The Morgan fingerprint density at radius 1 is 1.14 bits per heavy atom. The first kappa shape index (κ1) is 26.8. The number of likely N-dealkylation sites (tertiary alicyclic amines) is 1. The summed E-state index contributed by atoms with van der Waals surface area (Å²) in [5.74, 6) is -2.76. The number of ether oxygens (including phenoxy) is 1. The third-order valence-corrected chi connectivity index (χ3v) is 7.14. The minimum atomic E-state index is -1.82. The molecule has 1 saturated heterocycles. The van der Waals surface area contributed by atoms with Gasteiger partial charge in [0.25, 0.3) is 0 Å². The largest absolute Gasteiger partial charge is 0.473 e. The third kappa shape index (κ3) is 7.34. The zero-order valence-corrected chi connectivity index (χ0v) is 21.0. The number of thioether (sulfide) groups is 1. The van der Waals surface area contributed by atoms with Gasteiger partial charge in [-0.2, -0.15) is 0 Å². The highest BCUT2D eigenvalue weighted by atomic mass is 35.5. The first-order chi connectivity index (χ1) is 16.8. The van der Waals surface area contributed by atoms with Crippen LogP contribution in [0.5, 0.6) is 0 Å². The molecule has 35 heavy (non-hydrogen) atoms. The number of nitrogens with zero attached hydrogens (tertiary/aromatic N) is 1. The number of halogens is 1. The second kappa shape index (κ2) is 12.8. The van der Waals surface area contributed by atoms with Gasteiger partial charge < -0.3 is 14.9 Å². The van der Waals surface area contributed by atoms with Crippen molar-refractivity contribution in [1.29, 1.82) is 0 Å². The molecule has 0 amide bonds. The lowest BCUT2D eigenvalue weighted by Gasteiger charge is -2.30. The molecular formula is C26H28ClNO6S. The van der Waals surface area contributed by atoms with E-state index in [-0.39, 0.29) is 11.9 Å². The molecule has 1 fully saturated rings. The number of piperidine rings is 1. The molecule has 2 N–H and O–H groups in total. The van der Waals surface area contributed by atoms with Gasteiger partial charge >= 0.3 is 17.9 Å². The normalized spacial score (nSPS) is 18.3. The Morgan fingerprint density at radius 3 is 2.60 bits per heavy atom. The van der Waals surface area contributed by atoms with Crippen LogP contribution >= 0.6 is 23.4 Å². The van der Waals surface area contributed by atoms with Crippen LogP contribution in [0, 0.1) is 5.92 Å². The standard InChI is InChI=1S/C24H26ClNO2S.C2H2O4/c1-2-28-24(27)17-7-5-12-26(15-17)13-11-21-20-8-4-3-6-18(20)16-29-23-10-9-19(25)14-22(21)23;3-1(4)2(5)6/h3-4,6,8-11,14,17H,2,5,7,12-13,15-16H2,1H3;(H,3,4)(H,5,6). The van der Waals surface area contributed by atoms with E-state index in [0.717, 1.165) is 43.3 Å². The van der Waals surface area contributed by atoms with E-state index in [1.54, 1.807) is 0 Å². The number of esters is 1. The zero-order chi connectivity index (χ0) is 25.4. The molecule has 186 valence electrons. The average molecular weight is 518 g/mol. The van der Waals surface area contributed by atoms with Crippen LogP contribution in [0.25, 0.3) is 5.57 Å².